The van der Waals surface area contributed by atoms with E-state index in [9.17, 15) is 0 Å². The van der Waals surface area contributed by atoms with E-state index in [1.54, 1.807) is 0 Å². The quantitative estimate of drug-likeness (QED) is 0.665. The summed E-state index contributed by atoms with van der Waals surface area (Å²) in [7, 11) is 0. The van der Waals surface area contributed by atoms with Crippen molar-refractivity contribution < 1.29 is 9.47 Å². The van der Waals surface area contributed by atoms with Crippen LogP contribution in [0.15, 0.2) is 18.3 Å². The number of pyridine rings is 1. The van der Waals surface area contributed by atoms with Crippen LogP contribution in [0.4, 0.5) is 5.82 Å². The molecule has 2 N–H and O–H groups in total. The van der Waals surface area contributed by atoms with Crippen LogP contribution in [0.3, 0.4) is 0 Å². The lowest BCUT2D eigenvalue weighted by Crippen LogP contribution is -2.32. The zero-order valence-electron chi connectivity index (χ0n) is 12.8. The standard InChI is InChI=1S/C15H27N3O2/c1-4-19-10-8-18(9-11-20-5-2)15-12-14(13(3)16)6-7-17-15/h6-7,12-13H,4-5,8-11,16H2,1-3H3. The van der Waals surface area contributed by atoms with Gasteiger partial charge in [0.1, 0.15) is 5.82 Å². The summed E-state index contributed by atoms with van der Waals surface area (Å²) in [5, 5.41) is 0. The maximum absolute atomic E-state index is 5.93. The van der Waals surface area contributed by atoms with Crippen molar-refractivity contribution >= 4 is 5.82 Å². The van der Waals surface area contributed by atoms with Crippen LogP contribution in [0, 0.1) is 0 Å². The first-order chi connectivity index (χ1) is 9.69. The number of aromatic nitrogens is 1. The minimum absolute atomic E-state index is 0.0115. The van der Waals surface area contributed by atoms with E-state index in [1.165, 1.54) is 0 Å². The average molecular weight is 281 g/mol. The Balaban J connectivity index is 2.71. The summed E-state index contributed by atoms with van der Waals surface area (Å²) in [5.41, 5.74) is 7.02. The van der Waals surface area contributed by atoms with Crippen LogP contribution < -0.4 is 10.6 Å². The Morgan fingerprint density at radius 2 is 1.80 bits per heavy atom. The zero-order valence-corrected chi connectivity index (χ0v) is 12.8. The third kappa shape index (κ3) is 5.86. The lowest BCUT2D eigenvalue weighted by molar-refractivity contribution is 0.141. The first kappa shape index (κ1) is 16.9. The molecular formula is C15H27N3O2. The highest BCUT2D eigenvalue weighted by molar-refractivity contribution is 5.41. The van der Waals surface area contributed by atoms with E-state index in [2.05, 4.69) is 9.88 Å². The summed E-state index contributed by atoms with van der Waals surface area (Å²) in [4.78, 5) is 6.62. The van der Waals surface area contributed by atoms with E-state index in [-0.39, 0.29) is 6.04 Å². The smallest absolute Gasteiger partial charge is 0.128 e. The number of rotatable bonds is 10. The van der Waals surface area contributed by atoms with Crippen LogP contribution in [-0.4, -0.2) is 44.5 Å². The third-order valence-corrected chi connectivity index (χ3v) is 3.04. The minimum atomic E-state index is 0.0115. The highest BCUT2D eigenvalue weighted by atomic mass is 16.5. The topological polar surface area (TPSA) is 60.6 Å². The number of hydrogen-bond acceptors (Lipinski definition) is 5. The largest absolute Gasteiger partial charge is 0.380 e. The number of hydrogen-bond donors (Lipinski definition) is 1. The molecule has 20 heavy (non-hydrogen) atoms. The van der Waals surface area contributed by atoms with Crippen molar-refractivity contribution in [1.82, 2.24) is 4.98 Å². The molecule has 0 saturated heterocycles. The van der Waals surface area contributed by atoms with Crippen LogP contribution >= 0.6 is 0 Å². The van der Waals surface area contributed by atoms with Crippen molar-refractivity contribution in [2.45, 2.75) is 26.8 Å². The predicted octanol–water partition coefficient (Wildman–Crippen LogP) is 1.98. The molecule has 0 radical (unpaired) electrons. The summed E-state index contributed by atoms with van der Waals surface area (Å²) in [6.07, 6.45) is 1.81. The fourth-order valence-corrected chi connectivity index (χ4v) is 1.87. The molecule has 0 aliphatic rings. The van der Waals surface area contributed by atoms with E-state index in [0.717, 1.165) is 37.7 Å². The van der Waals surface area contributed by atoms with Crippen molar-refractivity contribution in [3.8, 4) is 0 Å². The van der Waals surface area contributed by atoms with Gasteiger partial charge in [0.2, 0.25) is 0 Å². The van der Waals surface area contributed by atoms with Gasteiger partial charge in [0.25, 0.3) is 0 Å². The van der Waals surface area contributed by atoms with Gasteiger partial charge in [-0.25, -0.2) is 4.98 Å². The number of nitrogens with two attached hydrogens (primary N) is 1. The van der Waals surface area contributed by atoms with Gasteiger partial charge in [-0.15, -0.1) is 0 Å². The molecule has 114 valence electrons. The van der Waals surface area contributed by atoms with Gasteiger partial charge in [0, 0.05) is 38.5 Å². The molecule has 5 heteroatoms. The first-order valence-corrected chi connectivity index (χ1v) is 7.31. The Labute approximate surface area is 122 Å². The molecule has 1 heterocycles. The van der Waals surface area contributed by atoms with Crippen molar-refractivity contribution in [3.63, 3.8) is 0 Å². The average Bonchev–Trinajstić information content (AvgIpc) is 2.46. The molecule has 1 rings (SSSR count). The van der Waals surface area contributed by atoms with Gasteiger partial charge < -0.3 is 20.1 Å². The molecular weight excluding hydrogens is 254 g/mol. The molecule has 1 aromatic heterocycles. The Hall–Kier alpha value is -1.17. The molecule has 0 spiro atoms. The first-order valence-electron chi connectivity index (χ1n) is 7.31. The van der Waals surface area contributed by atoms with Crippen molar-refractivity contribution in [3.05, 3.63) is 23.9 Å². The van der Waals surface area contributed by atoms with Gasteiger partial charge >= 0.3 is 0 Å². The fraction of sp³-hybridized carbons (Fsp3) is 0.667. The molecule has 0 bridgehead atoms. The summed E-state index contributed by atoms with van der Waals surface area (Å²) >= 11 is 0. The SMILES string of the molecule is CCOCCN(CCOCC)c1cc(C(C)N)ccn1. The van der Waals surface area contributed by atoms with Crippen LogP contribution in [-0.2, 0) is 9.47 Å². The van der Waals surface area contributed by atoms with Crippen LogP contribution in [0.2, 0.25) is 0 Å². The van der Waals surface area contributed by atoms with Crippen molar-refractivity contribution in [1.29, 1.82) is 0 Å². The predicted molar refractivity (Wildman–Crippen MR) is 82.0 cm³/mol. The van der Waals surface area contributed by atoms with Gasteiger partial charge in [0.05, 0.1) is 13.2 Å². The lowest BCUT2D eigenvalue weighted by Gasteiger charge is -2.24. The summed E-state index contributed by atoms with van der Waals surface area (Å²) < 4.78 is 10.9. The molecule has 1 unspecified atom stereocenters. The second-order valence-corrected chi connectivity index (χ2v) is 4.62. The monoisotopic (exact) mass is 281 g/mol. The molecule has 0 aliphatic heterocycles. The Morgan fingerprint density at radius 3 is 2.30 bits per heavy atom. The Kier molecular flexibility index (Phi) is 8.18. The molecule has 0 aliphatic carbocycles. The molecule has 0 aromatic carbocycles. The van der Waals surface area contributed by atoms with E-state index in [4.69, 9.17) is 15.2 Å². The van der Waals surface area contributed by atoms with Crippen LogP contribution in [0.5, 0.6) is 0 Å². The Morgan fingerprint density at radius 1 is 1.20 bits per heavy atom. The van der Waals surface area contributed by atoms with Gasteiger partial charge in [-0.05, 0) is 38.5 Å². The van der Waals surface area contributed by atoms with Gasteiger partial charge in [0.15, 0.2) is 0 Å². The highest BCUT2D eigenvalue weighted by Gasteiger charge is 2.10. The molecule has 0 fully saturated rings. The lowest BCUT2D eigenvalue weighted by atomic mass is 10.1. The molecule has 5 nitrogen and oxygen atoms in total. The Bertz CT molecular complexity index is 362. The van der Waals surface area contributed by atoms with Gasteiger partial charge in [-0.1, -0.05) is 0 Å². The third-order valence-electron chi connectivity index (χ3n) is 3.04. The van der Waals surface area contributed by atoms with Crippen molar-refractivity contribution in [2.75, 3.05) is 44.4 Å². The molecule has 0 amide bonds. The maximum Gasteiger partial charge on any atom is 0.128 e. The van der Waals surface area contributed by atoms with Crippen molar-refractivity contribution in [2.24, 2.45) is 5.73 Å². The number of ether oxygens (including phenoxy) is 2. The van der Waals surface area contributed by atoms with E-state index >= 15 is 0 Å². The highest BCUT2D eigenvalue weighted by Crippen LogP contribution is 2.16. The summed E-state index contributed by atoms with van der Waals surface area (Å²) in [5.74, 6) is 0.930. The normalized spacial score (nSPS) is 12.4. The summed E-state index contributed by atoms with van der Waals surface area (Å²) in [6, 6.07) is 4.01. The van der Waals surface area contributed by atoms with E-state index in [0.29, 0.717) is 13.2 Å². The maximum atomic E-state index is 5.93. The van der Waals surface area contributed by atoms with Crippen LogP contribution in [0.25, 0.3) is 0 Å². The van der Waals surface area contributed by atoms with E-state index in [1.807, 2.05) is 39.1 Å². The second kappa shape index (κ2) is 9.69. The van der Waals surface area contributed by atoms with E-state index < -0.39 is 0 Å². The van der Waals surface area contributed by atoms with Crippen LogP contribution in [0.1, 0.15) is 32.4 Å². The zero-order chi connectivity index (χ0) is 14.8. The minimum Gasteiger partial charge on any atom is -0.380 e. The molecule has 1 atom stereocenters. The summed E-state index contributed by atoms with van der Waals surface area (Å²) in [6.45, 7) is 10.4. The molecule has 0 saturated carbocycles. The number of nitrogens with zero attached hydrogens (tertiary/aromatic N) is 2. The fourth-order valence-electron chi connectivity index (χ4n) is 1.87. The van der Waals surface area contributed by atoms with Gasteiger partial charge in [-0.2, -0.15) is 0 Å². The number of anilines is 1. The van der Waals surface area contributed by atoms with Gasteiger partial charge in [-0.3, -0.25) is 0 Å². The molecule has 1 aromatic rings. The second-order valence-electron chi connectivity index (χ2n) is 4.62.